The van der Waals surface area contributed by atoms with Crippen LogP contribution in [0, 0.1) is 6.92 Å². The summed E-state index contributed by atoms with van der Waals surface area (Å²) < 4.78 is 2.04. The maximum atomic E-state index is 11.5. The van der Waals surface area contributed by atoms with E-state index in [1.807, 2.05) is 22.9 Å². The number of hydrogen-bond acceptors (Lipinski definition) is 3. The van der Waals surface area contributed by atoms with Gasteiger partial charge < -0.3 is 10.3 Å². The van der Waals surface area contributed by atoms with Crippen LogP contribution in [0.15, 0.2) is 48.7 Å². The van der Waals surface area contributed by atoms with Crippen LogP contribution >= 0.6 is 0 Å². The number of nitrogens with two attached hydrogens (primary N) is 1. The van der Waals surface area contributed by atoms with E-state index in [-0.39, 0.29) is 12.5 Å². The molecule has 0 radical (unpaired) electrons. The second-order valence-corrected chi connectivity index (χ2v) is 7.02. The van der Waals surface area contributed by atoms with Crippen molar-refractivity contribution in [2.45, 2.75) is 38.9 Å². The van der Waals surface area contributed by atoms with Crippen molar-refractivity contribution in [1.29, 1.82) is 0 Å². The molecule has 1 aromatic carbocycles. The Morgan fingerprint density at radius 2 is 2.04 bits per heavy atom. The number of aromatic nitrogens is 2. The number of carbonyl (C=O) groups excluding carboxylic acids is 1. The Bertz CT molecular complexity index is 932. The molecule has 26 heavy (non-hydrogen) atoms. The van der Waals surface area contributed by atoms with Gasteiger partial charge in [-0.1, -0.05) is 24.3 Å². The lowest BCUT2D eigenvalue weighted by Gasteiger charge is -2.24. The molecule has 1 aliphatic rings. The number of likely N-dealkylation sites (tertiary alicyclic amines) is 1. The van der Waals surface area contributed by atoms with E-state index in [2.05, 4.69) is 47.1 Å². The molecular formula is C21H24N4O. The molecule has 5 heteroatoms. The molecule has 2 N–H and O–H groups in total. The number of fused-ring (bicyclic) bond motifs is 1. The zero-order valence-corrected chi connectivity index (χ0v) is 15.1. The lowest BCUT2D eigenvalue weighted by Crippen LogP contribution is -2.24. The maximum Gasteiger partial charge on any atom is 0.237 e. The number of benzene rings is 1. The fraction of sp³-hybridized carbons (Fsp3) is 0.333. The Morgan fingerprint density at radius 1 is 1.23 bits per heavy atom. The molecule has 3 aromatic rings. The van der Waals surface area contributed by atoms with Crippen molar-refractivity contribution in [2.24, 2.45) is 5.73 Å². The van der Waals surface area contributed by atoms with Crippen molar-refractivity contribution in [3.63, 3.8) is 0 Å². The Hall–Kier alpha value is -2.66. The van der Waals surface area contributed by atoms with Crippen molar-refractivity contribution >= 4 is 16.8 Å². The van der Waals surface area contributed by atoms with E-state index in [0.717, 1.165) is 36.4 Å². The predicted molar refractivity (Wildman–Crippen MR) is 102 cm³/mol. The van der Waals surface area contributed by atoms with Gasteiger partial charge in [0.1, 0.15) is 6.54 Å². The van der Waals surface area contributed by atoms with Crippen LogP contribution in [-0.4, -0.2) is 26.9 Å². The summed E-state index contributed by atoms with van der Waals surface area (Å²) in [7, 11) is 0. The summed E-state index contributed by atoms with van der Waals surface area (Å²) in [4.78, 5) is 18.6. The third-order valence-corrected chi connectivity index (χ3v) is 5.43. The van der Waals surface area contributed by atoms with Gasteiger partial charge in [0.15, 0.2) is 0 Å². The second kappa shape index (κ2) is 6.92. The van der Waals surface area contributed by atoms with E-state index in [1.54, 1.807) is 0 Å². The van der Waals surface area contributed by atoms with Gasteiger partial charge in [0.05, 0.1) is 11.7 Å². The SMILES string of the molecule is Cc1c(CN2CCCC2c2ccccn2)c2ccccc2n1CC(N)=O. The first-order chi connectivity index (χ1) is 12.6. The number of primary amides is 1. The fourth-order valence-electron chi connectivity index (χ4n) is 4.19. The van der Waals surface area contributed by atoms with Crippen molar-refractivity contribution in [1.82, 2.24) is 14.5 Å². The summed E-state index contributed by atoms with van der Waals surface area (Å²) in [6.07, 6.45) is 4.19. The summed E-state index contributed by atoms with van der Waals surface area (Å²) in [5.41, 5.74) is 10.1. The molecule has 0 saturated carbocycles. The summed E-state index contributed by atoms with van der Waals surface area (Å²) >= 11 is 0. The minimum atomic E-state index is -0.312. The van der Waals surface area contributed by atoms with Crippen molar-refractivity contribution < 1.29 is 4.79 Å². The molecule has 3 heterocycles. The molecule has 134 valence electrons. The Labute approximate surface area is 153 Å². The molecule has 1 atom stereocenters. The Kier molecular flexibility index (Phi) is 4.47. The van der Waals surface area contributed by atoms with Crippen LogP contribution in [0.5, 0.6) is 0 Å². The van der Waals surface area contributed by atoms with Crippen LogP contribution in [0.2, 0.25) is 0 Å². The van der Waals surface area contributed by atoms with Gasteiger partial charge in [-0.2, -0.15) is 0 Å². The highest BCUT2D eigenvalue weighted by Crippen LogP contribution is 2.35. The number of carbonyl (C=O) groups is 1. The van der Waals surface area contributed by atoms with Gasteiger partial charge in [-0.15, -0.1) is 0 Å². The summed E-state index contributed by atoms with van der Waals surface area (Å²) in [5.74, 6) is -0.312. The van der Waals surface area contributed by atoms with Gasteiger partial charge in [0, 0.05) is 29.3 Å². The average Bonchev–Trinajstić information content (AvgIpc) is 3.21. The highest BCUT2D eigenvalue weighted by molar-refractivity contribution is 5.87. The standard InChI is InChI=1S/C21H24N4O/c1-15-17(16-7-2-3-9-19(16)25(15)14-21(22)26)13-24-12-6-10-20(24)18-8-4-5-11-23-18/h2-5,7-9,11,20H,6,10,12-14H2,1H3,(H2,22,26). The van der Waals surface area contributed by atoms with E-state index in [0.29, 0.717) is 6.04 Å². The van der Waals surface area contributed by atoms with E-state index >= 15 is 0 Å². The number of hydrogen-bond donors (Lipinski definition) is 1. The lowest BCUT2D eigenvalue weighted by atomic mass is 10.1. The largest absolute Gasteiger partial charge is 0.368 e. The fourth-order valence-corrected chi connectivity index (χ4v) is 4.19. The topological polar surface area (TPSA) is 64.2 Å². The first kappa shape index (κ1) is 16.8. The van der Waals surface area contributed by atoms with Crippen LogP contribution in [0.25, 0.3) is 10.9 Å². The second-order valence-electron chi connectivity index (χ2n) is 7.02. The van der Waals surface area contributed by atoms with Crippen molar-refractivity contribution in [3.05, 3.63) is 65.6 Å². The number of para-hydroxylation sites is 1. The van der Waals surface area contributed by atoms with Crippen molar-refractivity contribution in [2.75, 3.05) is 6.54 Å². The van der Waals surface area contributed by atoms with Gasteiger partial charge in [0.25, 0.3) is 0 Å². The quantitative estimate of drug-likeness (QED) is 0.770. The summed E-state index contributed by atoms with van der Waals surface area (Å²) in [6, 6.07) is 14.8. The smallest absolute Gasteiger partial charge is 0.237 e. The first-order valence-electron chi connectivity index (χ1n) is 9.15. The van der Waals surface area contributed by atoms with Gasteiger partial charge in [0.2, 0.25) is 5.91 Å². The maximum absolute atomic E-state index is 11.5. The van der Waals surface area contributed by atoms with Crippen LogP contribution in [0.1, 0.15) is 35.8 Å². The average molecular weight is 348 g/mol. The van der Waals surface area contributed by atoms with Crippen molar-refractivity contribution in [3.8, 4) is 0 Å². The molecule has 4 rings (SSSR count). The molecule has 1 saturated heterocycles. The molecular weight excluding hydrogens is 324 g/mol. The van der Waals surface area contributed by atoms with Crippen LogP contribution in [0.3, 0.4) is 0 Å². The molecule has 1 amide bonds. The zero-order chi connectivity index (χ0) is 18.1. The van der Waals surface area contributed by atoms with Gasteiger partial charge >= 0.3 is 0 Å². The first-order valence-corrected chi connectivity index (χ1v) is 9.15. The predicted octanol–water partition coefficient (Wildman–Crippen LogP) is 3.17. The summed E-state index contributed by atoms with van der Waals surface area (Å²) in [5, 5.41) is 1.21. The summed E-state index contributed by atoms with van der Waals surface area (Å²) in [6.45, 7) is 4.23. The number of pyridine rings is 1. The lowest BCUT2D eigenvalue weighted by molar-refractivity contribution is -0.118. The molecule has 0 aliphatic carbocycles. The van der Waals surface area contributed by atoms with Gasteiger partial charge in [-0.05, 0) is 50.1 Å². The van der Waals surface area contributed by atoms with Gasteiger partial charge in [-0.25, -0.2) is 0 Å². The van der Waals surface area contributed by atoms with Gasteiger partial charge in [-0.3, -0.25) is 14.7 Å². The minimum Gasteiger partial charge on any atom is -0.368 e. The molecule has 1 aliphatic heterocycles. The molecule has 1 fully saturated rings. The minimum absolute atomic E-state index is 0.218. The molecule has 0 bridgehead atoms. The Balaban J connectivity index is 1.71. The molecule has 5 nitrogen and oxygen atoms in total. The number of nitrogens with zero attached hydrogens (tertiary/aromatic N) is 3. The number of rotatable bonds is 5. The monoisotopic (exact) mass is 348 g/mol. The van der Waals surface area contributed by atoms with E-state index in [9.17, 15) is 4.79 Å². The van der Waals surface area contributed by atoms with E-state index in [4.69, 9.17) is 5.73 Å². The highest BCUT2D eigenvalue weighted by Gasteiger charge is 2.28. The van der Waals surface area contributed by atoms with Crippen LogP contribution < -0.4 is 5.73 Å². The molecule has 0 spiro atoms. The van der Waals surface area contributed by atoms with Crippen LogP contribution in [0.4, 0.5) is 0 Å². The molecule has 2 aromatic heterocycles. The Morgan fingerprint density at radius 3 is 2.81 bits per heavy atom. The molecule has 1 unspecified atom stereocenters. The third kappa shape index (κ3) is 2.99. The van der Waals surface area contributed by atoms with E-state index < -0.39 is 0 Å². The van der Waals surface area contributed by atoms with Crippen LogP contribution in [-0.2, 0) is 17.9 Å². The third-order valence-electron chi connectivity index (χ3n) is 5.43. The highest BCUT2D eigenvalue weighted by atomic mass is 16.1. The normalized spacial score (nSPS) is 17.8. The number of amides is 1. The van der Waals surface area contributed by atoms with E-state index in [1.165, 1.54) is 17.4 Å². The zero-order valence-electron chi connectivity index (χ0n) is 15.1.